The molecule has 8 aromatic rings. The molecule has 0 N–H and O–H groups in total. The summed E-state index contributed by atoms with van der Waals surface area (Å²) in [4.78, 5) is 8.23. The van der Waals surface area contributed by atoms with Crippen LogP contribution in [0.1, 0.15) is 161 Å². The van der Waals surface area contributed by atoms with E-state index in [2.05, 4.69) is 269 Å². The van der Waals surface area contributed by atoms with Gasteiger partial charge in [-0.3, -0.25) is 0 Å². The average molecular weight is 1040 g/mol. The highest BCUT2D eigenvalue weighted by molar-refractivity contribution is 7.00. The van der Waals surface area contributed by atoms with Gasteiger partial charge in [-0.2, -0.15) is 0 Å². The van der Waals surface area contributed by atoms with Gasteiger partial charge in [-0.25, -0.2) is 0 Å². The number of nitrogens with zero attached hydrogens (tertiary/aromatic N) is 3. The molecule has 2 atom stereocenters. The monoisotopic (exact) mass is 1040 g/mol. The largest absolute Gasteiger partial charge is 0.334 e. The Morgan fingerprint density at radius 3 is 1.47 bits per heavy atom. The summed E-state index contributed by atoms with van der Waals surface area (Å²) in [5.74, 6) is 0. The first kappa shape index (κ1) is 51.6. The molecule has 0 spiro atoms. The third-order valence-electron chi connectivity index (χ3n) is 19.7. The third kappa shape index (κ3) is 8.18. The first-order chi connectivity index (χ1) is 37.4. The van der Waals surface area contributed by atoms with Crippen molar-refractivity contribution in [2.45, 2.75) is 169 Å². The van der Waals surface area contributed by atoms with Crippen molar-refractivity contribution in [3.8, 4) is 22.3 Å². The zero-order valence-electron chi connectivity index (χ0n) is 49.9. The highest BCUT2D eigenvalue weighted by Crippen LogP contribution is 2.61. The van der Waals surface area contributed by atoms with Crippen LogP contribution in [0.4, 0.5) is 45.5 Å². The Balaban J connectivity index is 1.13. The van der Waals surface area contributed by atoms with Crippen molar-refractivity contribution in [1.29, 1.82) is 0 Å². The smallest absolute Gasteiger partial charge is 0.252 e. The summed E-state index contributed by atoms with van der Waals surface area (Å²) in [6.07, 6.45) is 8.26. The molecule has 2 unspecified atom stereocenters. The maximum absolute atomic E-state index is 2.83. The van der Waals surface area contributed by atoms with E-state index >= 15 is 0 Å². The number of benzene rings is 8. The molecular formula is C75H82BN3. The van der Waals surface area contributed by atoms with Crippen LogP contribution in [0.2, 0.25) is 0 Å². The lowest BCUT2D eigenvalue weighted by molar-refractivity contribution is 0.261. The molecule has 0 radical (unpaired) electrons. The summed E-state index contributed by atoms with van der Waals surface area (Å²) >= 11 is 0. The van der Waals surface area contributed by atoms with E-state index in [1.807, 2.05) is 0 Å². The number of hydrogen-bond donors (Lipinski definition) is 0. The van der Waals surface area contributed by atoms with E-state index in [0.29, 0.717) is 0 Å². The second kappa shape index (κ2) is 17.9. The Morgan fingerprint density at radius 1 is 0.430 bits per heavy atom. The van der Waals surface area contributed by atoms with Crippen LogP contribution in [0.3, 0.4) is 0 Å². The Hall–Kier alpha value is -6.78. The van der Waals surface area contributed by atoms with E-state index in [0.717, 1.165) is 19.3 Å². The third-order valence-corrected chi connectivity index (χ3v) is 19.7. The Labute approximate surface area is 474 Å². The zero-order chi connectivity index (χ0) is 55.3. The molecule has 1 fully saturated rings. The number of rotatable bonds is 5. The first-order valence-corrected chi connectivity index (χ1v) is 29.8. The zero-order valence-corrected chi connectivity index (χ0v) is 49.9. The molecule has 8 aromatic carbocycles. The minimum atomic E-state index is -0.119. The van der Waals surface area contributed by atoms with E-state index < -0.39 is 0 Å². The van der Waals surface area contributed by atoms with Crippen molar-refractivity contribution >= 4 is 68.6 Å². The summed E-state index contributed by atoms with van der Waals surface area (Å²) in [5.41, 5.74) is 29.2. The van der Waals surface area contributed by atoms with Gasteiger partial charge in [-0.05, 0) is 188 Å². The van der Waals surface area contributed by atoms with Crippen LogP contribution in [-0.4, -0.2) is 12.3 Å². The topological polar surface area (TPSA) is 9.72 Å². The average Bonchev–Trinajstić information content (AvgIpc) is 4.04. The fraction of sp³-hybridized carbons (Fsp3) is 0.360. The molecule has 5 aliphatic rings. The predicted molar refractivity (Wildman–Crippen MR) is 341 cm³/mol. The molecule has 2 aliphatic carbocycles. The van der Waals surface area contributed by atoms with Gasteiger partial charge >= 0.3 is 0 Å². The van der Waals surface area contributed by atoms with Crippen molar-refractivity contribution in [3.63, 3.8) is 0 Å². The Kier molecular flexibility index (Phi) is 11.7. The highest BCUT2D eigenvalue weighted by atomic mass is 15.3. The van der Waals surface area contributed by atoms with Crippen molar-refractivity contribution in [3.05, 3.63) is 197 Å². The highest BCUT2D eigenvalue weighted by Gasteiger charge is 2.57. The standard InChI is InChI=1S/C75H82BN3/c1-48-38-67-69-68(39-48)78(63-34-29-54(71(5,6)7)43-58(63)50-26-20-16-21-27-50)66-45-56(79-64-35-30-55(72(8,9)10)44-59(64)74(13)36-22-17-23-37-75(74,79)14)31-32-60(66)76(69)61-40-51-46-73(11,12)47-52(51)41-65(61)77(67)62-33-28-53(70(2,3)4)42-57(62)49-24-18-15-19-25-49/h15-16,18-21,24-35,38-45H,17,22-23,36-37,46-47H2,1-14H3. The lowest BCUT2D eigenvalue weighted by Crippen LogP contribution is -2.61. The predicted octanol–water partition coefficient (Wildman–Crippen LogP) is 18.6. The minimum absolute atomic E-state index is 0.00634. The van der Waals surface area contributed by atoms with Crippen molar-refractivity contribution in [2.24, 2.45) is 5.41 Å². The first-order valence-electron chi connectivity index (χ1n) is 29.8. The minimum Gasteiger partial charge on any atom is -0.334 e. The number of anilines is 8. The van der Waals surface area contributed by atoms with Gasteiger partial charge in [-0.15, -0.1) is 0 Å². The molecule has 3 heterocycles. The lowest BCUT2D eigenvalue weighted by atomic mass is 9.33. The summed E-state index contributed by atoms with van der Waals surface area (Å²) in [6, 6.07) is 62.7. The summed E-state index contributed by atoms with van der Waals surface area (Å²) in [5, 5.41) is 0. The molecule has 3 aliphatic heterocycles. The van der Waals surface area contributed by atoms with E-state index in [-0.39, 0.29) is 39.3 Å². The van der Waals surface area contributed by atoms with Crippen molar-refractivity contribution < 1.29 is 0 Å². The Morgan fingerprint density at radius 2 is 0.924 bits per heavy atom. The lowest BCUT2D eigenvalue weighted by Gasteiger charge is -2.48. The summed E-state index contributed by atoms with van der Waals surface area (Å²) < 4.78 is 0. The van der Waals surface area contributed by atoms with Crippen LogP contribution in [0.15, 0.2) is 158 Å². The van der Waals surface area contributed by atoms with Crippen LogP contribution in [0.25, 0.3) is 22.3 Å². The van der Waals surface area contributed by atoms with E-state index in [1.165, 1.54) is 149 Å². The van der Waals surface area contributed by atoms with E-state index in [9.17, 15) is 0 Å². The Bertz CT molecular complexity index is 3750. The second-order valence-electron chi connectivity index (χ2n) is 28.9. The van der Waals surface area contributed by atoms with Crippen LogP contribution in [-0.2, 0) is 34.5 Å². The van der Waals surface area contributed by atoms with Crippen molar-refractivity contribution in [2.75, 3.05) is 14.7 Å². The van der Waals surface area contributed by atoms with Gasteiger partial charge in [0, 0.05) is 50.7 Å². The van der Waals surface area contributed by atoms with Gasteiger partial charge in [0.1, 0.15) is 0 Å². The number of fused-ring (bicyclic) bond motifs is 8. The molecule has 13 rings (SSSR count). The molecule has 0 bridgehead atoms. The maximum atomic E-state index is 2.83. The van der Waals surface area contributed by atoms with E-state index in [4.69, 9.17) is 0 Å². The normalized spacial score (nSPS) is 20.0. The molecule has 1 saturated carbocycles. The van der Waals surface area contributed by atoms with E-state index in [1.54, 1.807) is 0 Å². The molecule has 0 saturated heterocycles. The second-order valence-corrected chi connectivity index (χ2v) is 28.9. The molecule has 0 aromatic heterocycles. The van der Waals surface area contributed by atoms with Gasteiger partial charge in [-0.1, -0.05) is 199 Å². The van der Waals surface area contributed by atoms with Gasteiger partial charge in [0.25, 0.3) is 6.71 Å². The summed E-state index contributed by atoms with van der Waals surface area (Å²) in [7, 11) is 0. The van der Waals surface area contributed by atoms with Crippen molar-refractivity contribution in [1.82, 2.24) is 0 Å². The molecular weight excluding hydrogens is 954 g/mol. The van der Waals surface area contributed by atoms with Crippen LogP contribution < -0.4 is 31.1 Å². The number of aryl methyl sites for hydroxylation is 1. The van der Waals surface area contributed by atoms with Crippen LogP contribution in [0.5, 0.6) is 0 Å². The maximum Gasteiger partial charge on any atom is 0.252 e. The van der Waals surface area contributed by atoms with Gasteiger partial charge < -0.3 is 14.7 Å². The van der Waals surface area contributed by atoms with Gasteiger partial charge in [0.05, 0.1) is 16.9 Å². The molecule has 400 valence electrons. The SMILES string of the molecule is Cc1cc2c3c(c1)N(c1ccc(C(C)(C)C)cc1-c1ccccc1)c1cc4c(cc1B3c1ccc(N3c5ccc(C(C)(C)C)cc5C5(C)CCCCCC35C)cc1N2c1ccc(C(C)(C)C)cc1-c1ccccc1)CC(C)(C)C4. The van der Waals surface area contributed by atoms with Crippen LogP contribution in [0, 0.1) is 12.3 Å². The fourth-order valence-corrected chi connectivity index (χ4v) is 15.2. The van der Waals surface area contributed by atoms with Gasteiger partial charge in [0.2, 0.25) is 0 Å². The fourth-order valence-electron chi connectivity index (χ4n) is 15.2. The molecule has 0 amide bonds. The van der Waals surface area contributed by atoms with Crippen LogP contribution >= 0.6 is 0 Å². The molecule has 4 heteroatoms. The van der Waals surface area contributed by atoms with Gasteiger partial charge in [0.15, 0.2) is 0 Å². The molecule has 79 heavy (non-hydrogen) atoms. The summed E-state index contributed by atoms with van der Waals surface area (Å²) in [6.45, 7) is 33.7. The number of hydrogen-bond acceptors (Lipinski definition) is 3. The quantitative estimate of drug-likeness (QED) is 0.159. The molecule has 3 nitrogen and oxygen atoms in total.